The fraction of sp³-hybridized carbons (Fsp3) is 0.409. The first kappa shape index (κ1) is 13.5. The van der Waals surface area contributed by atoms with Gasteiger partial charge in [-0.15, -0.1) is 0 Å². The van der Waals surface area contributed by atoms with Gasteiger partial charge in [-0.1, -0.05) is 30.3 Å². The van der Waals surface area contributed by atoms with E-state index >= 15 is 0 Å². The molecule has 0 radical (unpaired) electrons. The molecule has 0 saturated heterocycles. The summed E-state index contributed by atoms with van der Waals surface area (Å²) >= 11 is 0. The van der Waals surface area contributed by atoms with E-state index in [4.69, 9.17) is 0 Å². The van der Waals surface area contributed by atoms with Crippen molar-refractivity contribution in [2.45, 2.75) is 51.4 Å². The molecule has 2 aromatic rings. The van der Waals surface area contributed by atoms with Gasteiger partial charge in [0.05, 0.1) is 0 Å². The number of carbonyl (C=O) groups is 1. The summed E-state index contributed by atoms with van der Waals surface area (Å²) in [7, 11) is 0. The second-order valence-electron chi connectivity index (χ2n) is 7.52. The smallest absolute Gasteiger partial charge is 0.167 e. The van der Waals surface area contributed by atoms with Crippen molar-refractivity contribution in [2.24, 2.45) is 5.92 Å². The highest BCUT2D eigenvalue weighted by Crippen LogP contribution is 2.37. The number of ketones is 1. The fourth-order valence-corrected chi connectivity index (χ4v) is 4.96. The van der Waals surface area contributed by atoms with Crippen LogP contribution in [-0.4, -0.2) is 5.78 Å². The van der Waals surface area contributed by atoms with Crippen LogP contribution in [0.15, 0.2) is 30.3 Å². The summed E-state index contributed by atoms with van der Waals surface area (Å²) < 4.78 is 0. The number of carbonyl (C=O) groups excluding carboxylic acids is 1. The lowest BCUT2D eigenvalue weighted by molar-refractivity contribution is 0.0935. The molecule has 0 aliphatic heterocycles. The molecule has 0 unspecified atom stereocenters. The lowest BCUT2D eigenvalue weighted by atomic mass is 9.93. The van der Waals surface area contributed by atoms with Gasteiger partial charge >= 0.3 is 0 Å². The zero-order valence-corrected chi connectivity index (χ0v) is 13.5. The van der Waals surface area contributed by atoms with Crippen molar-refractivity contribution in [2.75, 3.05) is 0 Å². The maximum atomic E-state index is 13.0. The molecule has 0 heterocycles. The molecule has 0 fully saturated rings. The van der Waals surface area contributed by atoms with Gasteiger partial charge in [-0.25, -0.2) is 0 Å². The Balaban J connectivity index is 1.44. The molecular weight excluding hydrogens is 280 g/mol. The van der Waals surface area contributed by atoms with Crippen molar-refractivity contribution in [3.63, 3.8) is 0 Å². The molecule has 0 aromatic heterocycles. The van der Waals surface area contributed by atoms with Crippen LogP contribution >= 0.6 is 0 Å². The first-order chi connectivity index (χ1) is 11.3. The Hall–Kier alpha value is -1.89. The summed E-state index contributed by atoms with van der Waals surface area (Å²) in [6.07, 6.45) is 9.08. The van der Waals surface area contributed by atoms with Gasteiger partial charge in [0, 0.05) is 11.5 Å². The SMILES string of the molecule is O=C1c2c(ccc3c2CCC3)C[C@H]1Cc1ccc2c(c1)CCC2. The Morgan fingerprint density at radius 3 is 2.52 bits per heavy atom. The fourth-order valence-electron chi connectivity index (χ4n) is 4.96. The normalized spacial score (nSPS) is 21.4. The zero-order chi connectivity index (χ0) is 15.4. The van der Waals surface area contributed by atoms with Crippen molar-refractivity contribution >= 4 is 5.78 Å². The lowest BCUT2D eigenvalue weighted by Crippen LogP contribution is -2.13. The van der Waals surface area contributed by atoms with Gasteiger partial charge in [-0.2, -0.15) is 0 Å². The van der Waals surface area contributed by atoms with E-state index in [-0.39, 0.29) is 5.92 Å². The van der Waals surface area contributed by atoms with Crippen molar-refractivity contribution in [1.29, 1.82) is 0 Å². The van der Waals surface area contributed by atoms with E-state index in [0.717, 1.165) is 31.2 Å². The molecule has 3 aliphatic carbocycles. The highest BCUT2D eigenvalue weighted by atomic mass is 16.1. The van der Waals surface area contributed by atoms with E-state index < -0.39 is 0 Å². The number of fused-ring (bicyclic) bond motifs is 4. The molecule has 0 spiro atoms. The largest absolute Gasteiger partial charge is 0.294 e. The Morgan fingerprint density at radius 1 is 0.826 bits per heavy atom. The Kier molecular flexibility index (Phi) is 2.98. The maximum Gasteiger partial charge on any atom is 0.167 e. The van der Waals surface area contributed by atoms with Gasteiger partial charge in [-0.3, -0.25) is 4.79 Å². The zero-order valence-electron chi connectivity index (χ0n) is 13.5. The summed E-state index contributed by atoms with van der Waals surface area (Å²) in [5.74, 6) is 0.579. The second-order valence-corrected chi connectivity index (χ2v) is 7.52. The predicted octanol–water partition coefficient (Wildman–Crippen LogP) is 4.26. The van der Waals surface area contributed by atoms with Crippen molar-refractivity contribution in [1.82, 2.24) is 0 Å². The van der Waals surface area contributed by atoms with Crippen LogP contribution in [0, 0.1) is 5.92 Å². The minimum absolute atomic E-state index is 0.163. The molecule has 3 aliphatic rings. The molecule has 23 heavy (non-hydrogen) atoms. The maximum absolute atomic E-state index is 13.0. The van der Waals surface area contributed by atoms with Gasteiger partial charge < -0.3 is 0 Å². The minimum atomic E-state index is 0.163. The second kappa shape index (κ2) is 5.06. The average molecular weight is 302 g/mol. The summed E-state index contributed by atoms with van der Waals surface area (Å²) in [5, 5.41) is 0. The van der Waals surface area contributed by atoms with Crippen LogP contribution in [-0.2, 0) is 38.5 Å². The topological polar surface area (TPSA) is 17.1 Å². The highest BCUT2D eigenvalue weighted by molar-refractivity contribution is 6.04. The molecule has 1 heteroatoms. The Bertz CT molecular complexity index is 815. The summed E-state index contributed by atoms with van der Waals surface area (Å²) in [6.45, 7) is 0. The van der Waals surface area contributed by atoms with Gasteiger partial charge in [0.15, 0.2) is 5.78 Å². The number of Topliss-reactive ketones (excluding diaryl/α,β-unsaturated/α-hetero) is 1. The van der Waals surface area contributed by atoms with Crippen LogP contribution in [0.5, 0.6) is 0 Å². The van der Waals surface area contributed by atoms with Crippen molar-refractivity contribution < 1.29 is 4.79 Å². The van der Waals surface area contributed by atoms with Crippen LogP contribution in [0.2, 0.25) is 0 Å². The predicted molar refractivity (Wildman–Crippen MR) is 92.2 cm³/mol. The van der Waals surface area contributed by atoms with Gasteiger partial charge in [0.25, 0.3) is 0 Å². The van der Waals surface area contributed by atoms with Gasteiger partial charge in [0.1, 0.15) is 0 Å². The van der Waals surface area contributed by atoms with E-state index in [0.29, 0.717) is 5.78 Å². The monoisotopic (exact) mass is 302 g/mol. The molecule has 116 valence electrons. The van der Waals surface area contributed by atoms with Crippen LogP contribution in [0.4, 0.5) is 0 Å². The third-order valence-corrected chi connectivity index (χ3v) is 6.10. The molecule has 5 rings (SSSR count). The molecule has 1 nitrogen and oxygen atoms in total. The van der Waals surface area contributed by atoms with Crippen LogP contribution in [0.1, 0.15) is 56.6 Å². The Morgan fingerprint density at radius 2 is 1.57 bits per heavy atom. The number of rotatable bonds is 2. The molecule has 0 saturated carbocycles. The van der Waals surface area contributed by atoms with E-state index in [2.05, 4.69) is 30.3 Å². The molecule has 0 amide bonds. The van der Waals surface area contributed by atoms with Crippen LogP contribution in [0.25, 0.3) is 0 Å². The minimum Gasteiger partial charge on any atom is -0.294 e. The number of hydrogen-bond acceptors (Lipinski definition) is 1. The summed E-state index contributed by atoms with van der Waals surface area (Å²) in [6, 6.07) is 11.4. The average Bonchev–Trinajstić information content (AvgIpc) is 3.26. The van der Waals surface area contributed by atoms with Crippen LogP contribution < -0.4 is 0 Å². The van der Waals surface area contributed by atoms with E-state index in [1.54, 1.807) is 0 Å². The third kappa shape index (κ3) is 2.09. The van der Waals surface area contributed by atoms with Gasteiger partial charge in [0.2, 0.25) is 0 Å². The van der Waals surface area contributed by atoms with E-state index in [1.165, 1.54) is 59.1 Å². The standard InChI is InChI=1S/C22H22O/c23-22-19(12-14-7-8-15-3-1-5-17(15)11-14)13-18-10-9-16-4-2-6-20(16)21(18)22/h7-11,19H,1-6,12-13H2/t19-/m1/s1. The van der Waals surface area contributed by atoms with Crippen molar-refractivity contribution in [3.05, 3.63) is 69.3 Å². The van der Waals surface area contributed by atoms with Crippen LogP contribution in [0.3, 0.4) is 0 Å². The van der Waals surface area contributed by atoms with E-state index in [9.17, 15) is 4.79 Å². The number of hydrogen-bond donors (Lipinski definition) is 0. The first-order valence-corrected chi connectivity index (χ1v) is 9.08. The number of benzene rings is 2. The van der Waals surface area contributed by atoms with Gasteiger partial charge in [-0.05, 0) is 84.7 Å². The summed E-state index contributed by atoms with van der Waals surface area (Å²) in [4.78, 5) is 13.0. The third-order valence-electron chi connectivity index (χ3n) is 6.10. The van der Waals surface area contributed by atoms with Crippen molar-refractivity contribution in [3.8, 4) is 0 Å². The molecule has 0 N–H and O–H groups in total. The highest BCUT2D eigenvalue weighted by Gasteiger charge is 2.34. The summed E-state index contributed by atoms with van der Waals surface area (Å²) in [5.41, 5.74) is 9.61. The Labute approximate surface area is 137 Å². The molecule has 0 bridgehead atoms. The molecule has 1 atom stereocenters. The van der Waals surface area contributed by atoms with E-state index in [1.807, 2.05) is 0 Å². The molecule has 2 aromatic carbocycles. The first-order valence-electron chi connectivity index (χ1n) is 9.08. The molecular formula is C22H22O. The quantitative estimate of drug-likeness (QED) is 0.810. The lowest BCUT2D eigenvalue weighted by Gasteiger charge is -2.10. The number of aryl methyl sites for hydroxylation is 3.